The third kappa shape index (κ3) is 2.69. The zero-order valence-electron chi connectivity index (χ0n) is 17.1. The fourth-order valence-corrected chi connectivity index (χ4v) is 4.54. The van der Waals surface area contributed by atoms with Gasteiger partial charge < -0.3 is 4.90 Å². The normalized spacial score (nSPS) is 17.9. The highest BCUT2D eigenvalue weighted by atomic mass is 19.1. The predicted octanol–water partition coefficient (Wildman–Crippen LogP) is 3.87. The maximum Gasteiger partial charge on any atom is 0.237 e. The largest absolute Gasteiger partial charge is 0.341 e. The number of rotatable bonds is 4. The molecule has 2 aliphatic rings. The van der Waals surface area contributed by atoms with Gasteiger partial charge in [-0.25, -0.2) is 14.4 Å². The van der Waals surface area contributed by atoms with Crippen LogP contribution in [-0.4, -0.2) is 40.3 Å². The first kappa shape index (κ1) is 18.2. The molecule has 8 nitrogen and oxygen atoms in total. The molecule has 1 unspecified atom stereocenters. The SMILES string of the molecule is CCC1c2nncn2-c2cnc(-n3ccnc3-c3ccccc3F)nc2N1C1CCC1. The number of benzene rings is 1. The van der Waals surface area contributed by atoms with E-state index in [4.69, 9.17) is 4.98 Å². The molecule has 0 spiro atoms. The Morgan fingerprint density at radius 3 is 2.77 bits per heavy atom. The second kappa shape index (κ2) is 6.97. The van der Waals surface area contributed by atoms with Gasteiger partial charge in [0.1, 0.15) is 23.7 Å². The van der Waals surface area contributed by atoms with E-state index in [-0.39, 0.29) is 11.9 Å². The van der Waals surface area contributed by atoms with E-state index >= 15 is 0 Å². The lowest BCUT2D eigenvalue weighted by atomic mass is 9.89. The predicted molar refractivity (Wildman–Crippen MR) is 113 cm³/mol. The fourth-order valence-electron chi connectivity index (χ4n) is 4.54. The zero-order chi connectivity index (χ0) is 20.9. The first-order valence-corrected chi connectivity index (χ1v) is 10.6. The molecule has 0 bridgehead atoms. The molecule has 1 saturated carbocycles. The Morgan fingerprint density at radius 1 is 1.13 bits per heavy atom. The summed E-state index contributed by atoms with van der Waals surface area (Å²) in [5.74, 6) is 2.39. The summed E-state index contributed by atoms with van der Waals surface area (Å²) in [6.07, 6.45) is 11.3. The van der Waals surface area contributed by atoms with Crippen LogP contribution < -0.4 is 4.90 Å². The average molecular weight is 416 g/mol. The number of fused-ring (bicyclic) bond motifs is 3. The van der Waals surface area contributed by atoms with Gasteiger partial charge in [-0.15, -0.1) is 10.2 Å². The first-order chi connectivity index (χ1) is 15.3. The molecule has 4 heterocycles. The van der Waals surface area contributed by atoms with Crippen LogP contribution >= 0.6 is 0 Å². The number of imidazole rings is 1. The number of halogens is 1. The summed E-state index contributed by atoms with van der Waals surface area (Å²) in [4.78, 5) is 16.3. The van der Waals surface area contributed by atoms with E-state index in [0.717, 1.165) is 36.6 Å². The number of nitrogens with zero attached hydrogens (tertiary/aromatic N) is 8. The lowest BCUT2D eigenvalue weighted by molar-refractivity contribution is 0.341. The maximum atomic E-state index is 14.5. The van der Waals surface area contributed by atoms with Crippen molar-refractivity contribution in [1.29, 1.82) is 0 Å². The lowest BCUT2D eigenvalue weighted by Crippen LogP contribution is -2.46. The molecule has 4 aromatic rings. The van der Waals surface area contributed by atoms with E-state index in [9.17, 15) is 4.39 Å². The zero-order valence-corrected chi connectivity index (χ0v) is 17.1. The van der Waals surface area contributed by atoms with E-state index in [1.165, 1.54) is 12.5 Å². The van der Waals surface area contributed by atoms with Crippen LogP contribution in [0.25, 0.3) is 23.0 Å². The van der Waals surface area contributed by atoms with Gasteiger partial charge in [0.25, 0.3) is 0 Å². The van der Waals surface area contributed by atoms with Crippen LogP contribution in [0.2, 0.25) is 0 Å². The Morgan fingerprint density at radius 2 is 2.00 bits per heavy atom. The van der Waals surface area contributed by atoms with Gasteiger partial charge in [-0.05, 0) is 37.8 Å². The molecule has 0 saturated heterocycles. The summed E-state index contributed by atoms with van der Waals surface area (Å²) in [5.41, 5.74) is 1.28. The highest BCUT2D eigenvalue weighted by Crippen LogP contribution is 2.43. The molecule has 6 rings (SSSR count). The van der Waals surface area contributed by atoms with Crippen LogP contribution in [-0.2, 0) is 0 Å². The standard InChI is InChI=1S/C22H21FN8/c1-2-17-21-28-26-13-30(21)18-12-25-22(27-20(18)31(17)14-6-5-7-14)29-11-10-24-19(29)15-8-3-4-9-16(15)23/h3-4,8-14,17H,2,5-7H2,1H3. The third-order valence-corrected chi connectivity index (χ3v) is 6.28. The molecule has 0 radical (unpaired) electrons. The highest BCUT2D eigenvalue weighted by molar-refractivity contribution is 5.64. The monoisotopic (exact) mass is 416 g/mol. The Balaban J connectivity index is 1.52. The van der Waals surface area contributed by atoms with Crippen molar-refractivity contribution in [2.24, 2.45) is 0 Å². The number of anilines is 1. The Bertz CT molecular complexity index is 1260. The van der Waals surface area contributed by atoms with Crippen molar-refractivity contribution in [2.75, 3.05) is 4.90 Å². The molecule has 31 heavy (non-hydrogen) atoms. The number of hydrogen-bond acceptors (Lipinski definition) is 6. The van der Waals surface area contributed by atoms with Crippen LogP contribution in [0, 0.1) is 5.82 Å². The first-order valence-electron chi connectivity index (χ1n) is 10.6. The van der Waals surface area contributed by atoms with Crippen molar-refractivity contribution < 1.29 is 4.39 Å². The summed E-state index contributed by atoms with van der Waals surface area (Å²) >= 11 is 0. The van der Waals surface area contributed by atoms with Crippen molar-refractivity contribution in [1.82, 2.24) is 34.3 Å². The lowest BCUT2D eigenvalue weighted by Gasteiger charge is -2.45. The second-order valence-electron chi connectivity index (χ2n) is 7.95. The van der Waals surface area contributed by atoms with Crippen LogP contribution in [0.15, 0.2) is 49.2 Å². The average Bonchev–Trinajstić information content (AvgIpc) is 3.42. The molecular weight excluding hydrogens is 395 g/mol. The van der Waals surface area contributed by atoms with Gasteiger partial charge in [-0.3, -0.25) is 9.13 Å². The van der Waals surface area contributed by atoms with Crippen molar-refractivity contribution in [3.63, 3.8) is 0 Å². The Labute approximate surface area is 178 Å². The number of aromatic nitrogens is 7. The molecular formula is C22H21FN8. The van der Waals surface area contributed by atoms with E-state index in [1.54, 1.807) is 47.7 Å². The van der Waals surface area contributed by atoms with Gasteiger partial charge in [0.05, 0.1) is 17.8 Å². The highest BCUT2D eigenvalue weighted by Gasteiger charge is 2.39. The van der Waals surface area contributed by atoms with Crippen molar-refractivity contribution >= 4 is 5.82 Å². The molecule has 1 aliphatic carbocycles. The molecule has 9 heteroatoms. The molecule has 1 atom stereocenters. The smallest absolute Gasteiger partial charge is 0.237 e. The van der Waals surface area contributed by atoms with Gasteiger partial charge in [0.2, 0.25) is 5.95 Å². The van der Waals surface area contributed by atoms with Crippen LogP contribution in [0.3, 0.4) is 0 Å². The summed E-state index contributed by atoms with van der Waals surface area (Å²) in [5, 5.41) is 8.54. The van der Waals surface area contributed by atoms with Crippen LogP contribution in [0.5, 0.6) is 0 Å². The van der Waals surface area contributed by atoms with Gasteiger partial charge in [0.15, 0.2) is 11.6 Å². The van der Waals surface area contributed by atoms with E-state index in [2.05, 4.69) is 32.0 Å². The van der Waals surface area contributed by atoms with Gasteiger partial charge in [-0.1, -0.05) is 19.1 Å². The van der Waals surface area contributed by atoms with Crippen molar-refractivity contribution in [2.45, 2.75) is 44.7 Å². The van der Waals surface area contributed by atoms with Gasteiger partial charge in [-0.2, -0.15) is 4.98 Å². The summed E-state index contributed by atoms with van der Waals surface area (Å²) < 4.78 is 18.2. The van der Waals surface area contributed by atoms with Gasteiger partial charge >= 0.3 is 0 Å². The topological polar surface area (TPSA) is 77.5 Å². The minimum Gasteiger partial charge on any atom is -0.341 e. The van der Waals surface area contributed by atoms with E-state index in [0.29, 0.717) is 23.4 Å². The fraction of sp³-hybridized carbons (Fsp3) is 0.318. The third-order valence-electron chi connectivity index (χ3n) is 6.28. The Hall–Kier alpha value is -3.62. The summed E-state index contributed by atoms with van der Waals surface area (Å²) in [6, 6.07) is 7.13. The quantitative estimate of drug-likeness (QED) is 0.503. The molecule has 1 aliphatic heterocycles. The van der Waals surface area contributed by atoms with E-state index < -0.39 is 0 Å². The van der Waals surface area contributed by atoms with Crippen LogP contribution in [0.4, 0.5) is 10.2 Å². The second-order valence-corrected chi connectivity index (χ2v) is 7.95. The minimum absolute atomic E-state index is 0.108. The molecule has 3 aromatic heterocycles. The molecule has 1 fully saturated rings. The minimum atomic E-state index is -0.329. The van der Waals surface area contributed by atoms with Gasteiger partial charge in [0, 0.05) is 18.4 Å². The molecule has 0 N–H and O–H groups in total. The summed E-state index contributed by atoms with van der Waals surface area (Å²) in [6.45, 7) is 2.16. The Kier molecular flexibility index (Phi) is 4.09. The van der Waals surface area contributed by atoms with Crippen LogP contribution in [0.1, 0.15) is 44.5 Å². The maximum absolute atomic E-state index is 14.5. The molecule has 156 valence electrons. The van der Waals surface area contributed by atoms with Crippen molar-refractivity contribution in [3.05, 3.63) is 60.8 Å². The van der Waals surface area contributed by atoms with Crippen molar-refractivity contribution in [3.8, 4) is 23.0 Å². The van der Waals surface area contributed by atoms with E-state index in [1.807, 2.05) is 4.57 Å². The summed E-state index contributed by atoms with van der Waals surface area (Å²) in [7, 11) is 0. The molecule has 1 aromatic carbocycles. The number of hydrogen-bond donors (Lipinski definition) is 0. The molecule has 0 amide bonds.